The number of amides is 1. The average Bonchev–Trinajstić information content (AvgIpc) is 2.54. The molecule has 0 fully saturated rings. The summed E-state index contributed by atoms with van der Waals surface area (Å²) >= 11 is 0. The van der Waals surface area contributed by atoms with E-state index in [1.54, 1.807) is 18.5 Å². The highest BCUT2D eigenvalue weighted by molar-refractivity contribution is 5.93. The highest BCUT2D eigenvalue weighted by Crippen LogP contribution is 2.09. The zero-order valence-corrected chi connectivity index (χ0v) is 12.9. The van der Waals surface area contributed by atoms with E-state index >= 15 is 0 Å². The number of carbonyl (C=O) groups is 1. The van der Waals surface area contributed by atoms with Gasteiger partial charge in [-0.2, -0.15) is 0 Å². The predicted octanol–water partition coefficient (Wildman–Crippen LogP) is 1.38. The van der Waals surface area contributed by atoms with Gasteiger partial charge in [0.25, 0.3) is 5.91 Å². The van der Waals surface area contributed by atoms with Gasteiger partial charge in [-0.15, -0.1) is 0 Å². The van der Waals surface area contributed by atoms with Crippen molar-refractivity contribution in [1.29, 1.82) is 0 Å². The molecule has 6 nitrogen and oxygen atoms in total. The van der Waals surface area contributed by atoms with E-state index in [9.17, 15) is 4.79 Å². The summed E-state index contributed by atoms with van der Waals surface area (Å²) in [6, 6.07) is 9.35. The van der Waals surface area contributed by atoms with Crippen LogP contribution in [-0.4, -0.2) is 48.0 Å². The van der Waals surface area contributed by atoms with Gasteiger partial charge in [-0.05, 0) is 38.4 Å². The van der Waals surface area contributed by atoms with Crippen molar-refractivity contribution in [2.75, 3.05) is 32.5 Å². The number of likely N-dealkylation sites (N-methyl/N-ethyl adjacent to an activating group) is 1. The highest BCUT2D eigenvalue weighted by atomic mass is 16.1. The lowest BCUT2D eigenvalue weighted by molar-refractivity contribution is 0.0946. The van der Waals surface area contributed by atoms with E-state index in [-0.39, 0.29) is 5.91 Å². The summed E-state index contributed by atoms with van der Waals surface area (Å²) in [6.45, 7) is 2.00. The zero-order valence-electron chi connectivity index (χ0n) is 12.9. The van der Waals surface area contributed by atoms with E-state index in [0.29, 0.717) is 18.8 Å². The molecule has 0 saturated carbocycles. The monoisotopic (exact) mass is 299 g/mol. The minimum absolute atomic E-state index is 0.164. The molecule has 2 aromatic rings. The Balaban J connectivity index is 1.90. The fourth-order valence-corrected chi connectivity index (χ4v) is 1.84. The Hall–Kier alpha value is -2.47. The highest BCUT2D eigenvalue weighted by Gasteiger charge is 2.07. The van der Waals surface area contributed by atoms with Crippen LogP contribution in [0.4, 0.5) is 5.69 Å². The topological polar surface area (TPSA) is 70.2 Å². The van der Waals surface area contributed by atoms with Crippen LogP contribution in [0.3, 0.4) is 0 Å². The Kier molecular flexibility index (Phi) is 5.85. The molecule has 2 heterocycles. The van der Waals surface area contributed by atoms with Crippen LogP contribution >= 0.6 is 0 Å². The molecule has 0 aliphatic carbocycles. The van der Waals surface area contributed by atoms with Crippen molar-refractivity contribution >= 4 is 11.6 Å². The number of carbonyl (C=O) groups excluding carboxylic acids is 1. The third-order valence-corrected chi connectivity index (χ3v) is 3.04. The van der Waals surface area contributed by atoms with Crippen LogP contribution < -0.4 is 10.6 Å². The number of hydrogen-bond acceptors (Lipinski definition) is 5. The van der Waals surface area contributed by atoms with Crippen molar-refractivity contribution in [2.24, 2.45) is 0 Å². The molecular formula is C16H21N5O. The summed E-state index contributed by atoms with van der Waals surface area (Å²) in [5.74, 6) is -0.164. The Bertz CT molecular complexity index is 600. The first kappa shape index (κ1) is 15.9. The van der Waals surface area contributed by atoms with Gasteiger partial charge in [0, 0.05) is 31.2 Å². The van der Waals surface area contributed by atoms with Crippen LogP contribution in [0.5, 0.6) is 0 Å². The smallest absolute Gasteiger partial charge is 0.269 e. The van der Waals surface area contributed by atoms with E-state index in [0.717, 1.165) is 17.9 Å². The van der Waals surface area contributed by atoms with Crippen LogP contribution in [0, 0.1) is 0 Å². The maximum Gasteiger partial charge on any atom is 0.269 e. The number of pyridine rings is 2. The Morgan fingerprint density at radius 3 is 2.77 bits per heavy atom. The lowest BCUT2D eigenvalue weighted by Crippen LogP contribution is -2.31. The molecule has 1 amide bonds. The first-order chi connectivity index (χ1) is 10.6. The van der Waals surface area contributed by atoms with Gasteiger partial charge in [0.1, 0.15) is 5.69 Å². The quantitative estimate of drug-likeness (QED) is 0.808. The van der Waals surface area contributed by atoms with Gasteiger partial charge in [0.2, 0.25) is 0 Å². The molecule has 0 bridgehead atoms. The molecule has 0 spiro atoms. The average molecular weight is 299 g/mol. The molecule has 0 radical (unpaired) electrons. The number of nitrogens with zero attached hydrogens (tertiary/aromatic N) is 3. The number of rotatable bonds is 7. The van der Waals surface area contributed by atoms with Gasteiger partial charge in [-0.1, -0.05) is 6.07 Å². The summed E-state index contributed by atoms with van der Waals surface area (Å²) in [6.07, 6.45) is 3.38. The fourth-order valence-electron chi connectivity index (χ4n) is 1.84. The molecular weight excluding hydrogens is 278 g/mol. The van der Waals surface area contributed by atoms with Crippen molar-refractivity contribution in [1.82, 2.24) is 20.2 Å². The maximum absolute atomic E-state index is 12.0. The molecule has 22 heavy (non-hydrogen) atoms. The lowest BCUT2D eigenvalue weighted by atomic mass is 10.3. The van der Waals surface area contributed by atoms with Crippen molar-refractivity contribution in [3.8, 4) is 0 Å². The lowest BCUT2D eigenvalue weighted by Gasteiger charge is -2.11. The van der Waals surface area contributed by atoms with Crippen LogP contribution in [-0.2, 0) is 6.54 Å². The largest absolute Gasteiger partial charge is 0.379 e. The van der Waals surface area contributed by atoms with Crippen molar-refractivity contribution in [3.63, 3.8) is 0 Å². The van der Waals surface area contributed by atoms with Gasteiger partial charge in [0.15, 0.2) is 0 Å². The fraction of sp³-hybridized carbons (Fsp3) is 0.312. The summed E-state index contributed by atoms with van der Waals surface area (Å²) in [7, 11) is 3.93. The van der Waals surface area contributed by atoms with E-state index < -0.39 is 0 Å². The van der Waals surface area contributed by atoms with Crippen molar-refractivity contribution < 1.29 is 4.79 Å². The molecule has 0 atom stereocenters. The Morgan fingerprint density at radius 2 is 2.05 bits per heavy atom. The molecule has 0 saturated heterocycles. The molecule has 116 valence electrons. The second kappa shape index (κ2) is 8.09. The zero-order chi connectivity index (χ0) is 15.8. The van der Waals surface area contributed by atoms with E-state index in [1.165, 1.54) is 0 Å². The van der Waals surface area contributed by atoms with Gasteiger partial charge in [-0.3, -0.25) is 14.8 Å². The molecule has 2 aromatic heterocycles. The summed E-state index contributed by atoms with van der Waals surface area (Å²) in [5, 5.41) is 6.09. The van der Waals surface area contributed by atoms with E-state index in [2.05, 4.69) is 20.6 Å². The van der Waals surface area contributed by atoms with Gasteiger partial charge >= 0.3 is 0 Å². The van der Waals surface area contributed by atoms with Gasteiger partial charge < -0.3 is 15.5 Å². The number of nitrogens with one attached hydrogen (secondary N) is 2. The van der Waals surface area contributed by atoms with Crippen molar-refractivity contribution in [2.45, 2.75) is 6.54 Å². The summed E-state index contributed by atoms with van der Waals surface area (Å²) in [4.78, 5) is 22.4. The van der Waals surface area contributed by atoms with Crippen LogP contribution in [0.25, 0.3) is 0 Å². The first-order valence-corrected chi connectivity index (χ1v) is 7.18. The molecule has 2 N–H and O–H groups in total. The maximum atomic E-state index is 12.0. The minimum atomic E-state index is -0.164. The molecule has 0 aliphatic rings. The standard InChI is InChI=1S/C16H21N5O/c1-21(2)10-9-19-16(22)15-11-13(6-8-18-15)20-12-14-5-3-4-7-17-14/h3-8,11H,9-10,12H2,1-2H3,(H,18,20)(H,19,22). The third kappa shape index (κ3) is 5.14. The molecule has 6 heteroatoms. The van der Waals surface area contributed by atoms with Crippen LogP contribution in [0.15, 0.2) is 42.7 Å². The Labute approximate surface area is 130 Å². The SMILES string of the molecule is CN(C)CCNC(=O)c1cc(NCc2ccccn2)ccn1. The summed E-state index contributed by atoms with van der Waals surface area (Å²) in [5.41, 5.74) is 2.19. The van der Waals surface area contributed by atoms with Gasteiger partial charge in [0.05, 0.1) is 12.2 Å². The van der Waals surface area contributed by atoms with Crippen molar-refractivity contribution in [3.05, 3.63) is 54.1 Å². The summed E-state index contributed by atoms with van der Waals surface area (Å²) < 4.78 is 0. The van der Waals surface area contributed by atoms with Crippen LogP contribution in [0.1, 0.15) is 16.2 Å². The number of aromatic nitrogens is 2. The first-order valence-electron chi connectivity index (χ1n) is 7.18. The molecule has 0 aromatic carbocycles. The number of anilines is 1. The second-order valence-electron chi connectivity index (χ2n) is 5.16. The Morgan fingerprint density at radius 1 is 1.18 bits per heavy atom. The molecule has 2 rings (SSSR count). The van der Waals surface area contributed by atoms with E-state index in [4.69, 9.17) is 0 Å². The molecule has 0 aliphatic heterocycles. The molecule has 0 unspecified atom stereocenters. The normalized spacial score (nSPS) is 10.5. The second-order valence-corrected chi connectivity index (χ2v) is 5.16. The van der Waals surface area contributed by atoms with E-state index in [1.807, 2.05) is 43.3 Å². The van der Waals surface area contributed by atoms with Gasteiger partial charge in [-0.25, -0.2) is 0 Å². The number of hydrogen-bond donors (Lipinski definition) is 2. The predicted molar refractivity (Wildman–Crippen MR) is 86.7 cm³/mol. The minimum Gasteiger partial charge on any atom is -0.379 e. The third-order valence-electron chi connectivity index (χ3n) is 3.04. The van der Waals surface area contributed by atoms with Crippen LogP contribution in [0.2, 0.25) is 0 Å².